The van der Waals surface area contributed by atoms with Crippen molar-refractivity contribution in [3.05, 3.63) is 35.6 Å². The molecule has 0 aromatic heterocycles. The van der Waals surface area contributed by atoms with Crippen LogP contribution in [0.25, 0.3) is 0 Å². The van der Waals surface area contributed by atoms with E-state index in [9.17, 15) is 9.18 Å². The zero-order chi connectivity index (χ0) is 15.1. The zero-order valence-electron chi connectivity index (χ0n) is 12.8. The Labute approximate surface area is 130 Å². The van der Waals surface area contributed by atoms with Crippen LogP contribution in [-0.2, 0) is 0 Å². The largest absolute Gasteiger partial charge is 0.349 e. The number of piperidine rings is 2. The molecule has 1 aromatic rings. The van der Waals surface area contributed by atoms with Gasteiger partial charge in [0.05, 0.1) is 0 Å². The molecule has 0 radical (unpaired) electrons. The summed E-state index contributed by atoms with van der Waals surface area (Å²) in [7, 11) is 0. The number of carbonyl (C=O) groups excluding carboxylic acids is 1. The molecule has 3 nitrogen and oxygen atoms in total. The monoisotopic (exact) mass is 302 g/mol. The molecule has 3 fully saturated rings. The van der Waals surface area contributed by atoms with E-state index in [2.05, 4.69) is 10.2 Å². The molecule has 0 spiro atoms. The fourth-order valence-electron chi connectivity index (χ4n) is 4.40. The predicted molar refractivity (Wildman–Crippen MR) is 83.2 cm³/mol. The topological polar surface area (TPSA) is 32.3 Å². The van der Waals surface area contributed by atoms with Crippen molar-refractivity contribution < 1.29 is 9.18 Å². The van der Waals surface area contributed by atoms with Gasteiger partial charge in [-0.05, 0) is 56.7 Å². The van der Waals surface area contributed by atoms with E-state index < -0.39 is 0 Å². The third-order valence-corrected chi connectivity index (χ3v) is 5.42. The Kier molecular flexibility index (Phi) is 3.65. The van der Waals surface area contributed by atoms with Crippen LogP contribution >= 0.6 is 0 Å². The van der Waals surface area contributed by atoms with Gasteiger partial charge in [0.2, 0.25) is 0 Å². The number of nitrogens with zero attached hydrogens (tertiary/aromatic N) is 1. The molecule has 1 saturated carbocycles. The van der Waals surface area contributed by atoms with Crippen LogP contribution in [0.5, 0.6) is 0 Å². The Morgan fingerprint density at radius 1 is 1.09 bits per heavy atom. The van der Waals surface area contributed by atoms with Crippen LogP contribution in [0, 0.1) is 5.82 Å². The third kappa shape index (κ3) is 2.76. The molecule has 22 heavy (non-hydrogen) atoms. The molecular weight excluding hydrogens is 279 g/mol. The number of hydrogen-bond acceptors (Lipinski definition) is 2. The van der Waals surface area contributed by atoms with Crippen molar-refractivity contribution in [1.82, 2.24) is 10.2 Å². The minimum absolute atomic E-state index is 0.137. The van der Waals surface area contributed by atoms with Gasteiger partial charge in [-0.1, -0.05) is 12.5 Å². The number of hydrogen-bond donors (Lipinski definition) is 1. The van der Waals surface area contributed by atoms with Crippen LogP contribution in [0.4, 0.5) is 4.39 Å². The van der Waals surface area contributed by atoms with Gasteiger partial charge in [-0.15, -0.1) is 0 Å². The maximum absolute atomic E-state index is 13.3. The van der Waals surface area contributed by atoms with E-state index in [0.717, 1.165) is 18.9 Å². The fraction of sp³-hybridized carbons (Fsp3) is 0.611. The minimum atomic E-state index is -0.354. The maximum atomic E-state index is 13.3. The summed E-state index contributed by atoms with van der Waals surface area (Å²) in [6.07, 6.45) is 8.66. The van der Waals surface area contributed by atoms with Gasteiger partial charge in [0.1, 0.15) is 5.82 Å². The van der Waals surface area contributed by atoms with Crippen molar-refractivity contribution in [2.75, 3.05) is 0 Å². The second-order valence-electron chi connectivity index (χ2n) is 7.07. The van der Waals surface area contributed by atoms with Gasteiger partial charge in [0.15, 0.2) is 0 Å². The molecule has 118 valence electrons. The normalized spacial score (nSPS) is 31.8. The van der Waals surface area contributed by atoms with Gasteiger partial charge >= 0.3 is 0 Å². The molecular formula is C18H23FN2O. The van der Waals surface area contributed by atoms with Gasteiger partial charge in [-0.25, -0.2) is 4.39 Å². The lowest BCUT2D eigenvalue weighted by Gasteiger charge is -2.49. The van der Waals surface area contributed by atoms with E-state index in [4.69, 9.17) is 0 Å². The van der Waals surface area contributed by atoms with Gasteiger partial charge in [0.25, 0.3) is 5.91 Å². The van der Waals surface area contributed by atoms with Crippen molar-refractivity contribution in [2.45, 2.75) is 69.1 Å². The lowest BCUT2D eigenvalue weighted by atomic mass is 9.81. The lowest BCUT2D eigenvalue weighted by Crippen LogP contribution is -2.57. The summed E-state index contributed by atoms with van der Waals surface area (Å²) in [4.78, 5) is 15.1. The summed E-state index contributed by atoms with van der Waals surface area (Å²) >= 11 is 0. The highest BCUT2D eigenvalue weighted by atomic mass is 19.1. The molecule has 4 rings (SSSR count). The summed E-state index contributed by atoms with van der Waals surface area (Å²) in [5.41, 5.74) is 0.426. The van der Waals surface area contributed by atoms with Crippen LogP contribution in [0.2, 0.25) is 0 Å². The number of nitrogens with one attached hydrogen (secondary N) is 1. The highest BCUT2D eigenvalue weighted by Crippen LogP contribution is 2.41. The highest BCUT2D eigenvalue weighted by Gasteiger charge is 2.45. The molecule has 1 N–H and O–H groups in total. The molecule has 2 heterocycles. The minimum Gasteiger partial charge on any atom is -0.349 e. The van der Waals surface area contributed by atoms with E-state index in [1.54, 1.807) is 12.1 Å². The first kappa shape index (κ1) is 14.2. The predicted octanol–water partition coefficient (Wildman–Crippen LogP) is 3.10. The molecule has 4 heteroatoms. The Morgan fingerprint density at radius 2 is 1.82 bits per heavy atom. The van der Waals surface area contributed by atoms with Crippen molar-refractivity contribution in [3.8, 4) is 0 Å². The van der Waals surface area contributed by atoms with Crippen LogP contribution in [0.15, 0.2) is 24.3 Å². The molecule has 3 aliphatic rings. The molecule has 1 unspecified atom stereocenters. The SMILES string of the molecule is O=C(NC1C[C@H]2CCC[C@@H](C1)N2C1CC1)c1cccc(F)c1. The summed E-state index contributed by atoms with van der Waals surface area (Å²) in [6, 6.07) is 8.28. The second kappa shape index (κ2) is 5.65. The first-order chi connectivity index (χ1) is 10.7. The lowest BCUT2D eigenvalue weighted by molar-refractivity contribution is 0.0175. The van der Waals surface area contributed by atoms with Gasteiger partial charge < -0.3 is 5.32 Å². The summed E-state index contributed by atoms with van der Waals surface area (Å²) in [5.74, 6) is -0.490. The molecule has 1 amide bonds. The van der Waals surface area contributed by atoms with Crippen LogP contribution in [-0.4, -0.2) is 35.0 Å². The fourth-order valence-corrected chi connectivity index (χ4v) is 4.40. The van der Waals surface area contributed by atoms with E-state index in [0.29, 0.717) is 17.6 Å². The first-order valence-electron chi connectivity index (χ1n) is 8.54. The molecule has 3 atom stereocenters. The average molecular weight is 302 g/mol. The number of rotatable bonds is 3. The summed E-state index contributed by atoms with van der Waals surface area (Å²) < 4.78 is 13.3. The average Bonchev–Trinajstić information content (AvgIpc) is 3.31. The Bertz CT molecular complexity index is 558. The Hall–Kier alpha value is -1.42. The number of benzene rings is 1. The van der Waals surface area contributed by atoms with Crippen LogP contribution in [0.1, 0.15) is 55.3 Å². The molecule has 2 aliphatic heterocycles. The van der Waals surface area contributed by atoms with Crippen molar-refractivity contribution in [3.63, 3.8) is 0 Å². The molecule has 2 bridgehead atoms. The van der Waals surface area contributed by atoms with Gasteiger partial charge in [-0.2, -0.15) is 0 Å². The smallest absolute Gasteiger partial charge is 0.251 e. The zero-order valence-corrected chi connectivity index (χ0v) is 12.8. The van der Waals surface area contributed by atoms with Gasteiger partial charge in [0, 0.05) is 29.7 Å². The van der Waals surface area contributed by atoms with Crippen LogP contribution < -0.4 is 5.32 Å². The first-order valence-corrected chi connectivity index (χ1v) is 8.54. The molecule has 1 aromatic carbocycles. The number of amides is 1. The van der Waals surface area contributed by atoms with Crippen molar-refractivity contribution >= 4 is 5.91 Å². The molecule has 1 aliphatic carbocycles. The van der Waals surface area contributed by atoms with Crippen LogP contribution in [0.3, 0.4) is 0 Å². The van der Waals surface area contributed by atoms with E-state index in [-0.39, 0.29) is 17.8 Å². The Morgan fingerprint density at radius 3 is 2.45 bits per heavy atom. The van der Waals surface area contributed by atoms with Gasteiger partial charge in [-0.3, -0.25) is 9.69 Å². The third-order valence-electron chi connectivity index (χ3n) is 5.42. The molecule has 2 saturated heterocycles. The van der Waals surface area contributed by atoms with E-state index >= 15 is 0 Å². The maximum Gasteiger partial charge on any atom is 0.251 e. The van der Waals surface area contributed by atoms with Crippen molar-refractivity contribution in [1.29, 1.82) is 0 Å². The second-order valence-corrected chi connectivity index (χ2v) is 7.07. The standard InChI is InChI=1S/C18H23FN2O/c19-13-4-1-3-12(9-13)18(22)20-14-10-16-5-2-6-17(11-14)21(16)15-7-8-15/h1,3-4,9,14-17H,2,5-8,10-11H2,(H,20,22)/t14?,16-,17+. The van der Waals surface area contributed by atoms with Crippen molar-refractivity contribution in [2.24, 2.45) is 0 Å². The number of halogens is 1. The Balaban J connectivity index is 1.43. The quantitative estimate of drug-likeness (QED) is 0.930. The van der Waals surface area contributed by atoms with E-state index in [1.807, 2.05) is 0 Å². The van der Waals surface area contributed by atoms with E-state index in [1.165, 1.54) is 44.2 Å². The number of fused-ring (bicyclic) bond motifs is 2. The highest BCUT2D eigenvalue weighted by molar-refractivity contribution is 5.94. The summed E-state index contributed by atoms with van der Waals surface area (Å²) in [6.45, 7) is 0. The summed E-state index contributed by atoms with van der Waals surface area (Å²) in [5, 5.41) is 3.14. The number of carbonyl (C=O) groups is 1.